The molecule has 4 fully saturated rings. The molecule has 0 saturated heterocycles. The highest BCUT2D eigenvalue weighted by atomic mass is 16.5. The van der Waals surface area contributed by atoms with E-state index in [1.165, 1.54) is 38.5 Å². The molecule has 4 bridgehead atoms. The predicted octanol–water partition coefficient (Wildman–Crippen LogP) is 5.89. The Balaban J connectivity index is 1.19. The number of hydrazine groups is 1. The maximum atomic E-state index is 13.2. The van der Waals surface area contributed by atoms with Gasteiger partial charge in [-0.1, -0.05) is 32.0 Å². The summed E-state index contributed by atoms with van der Waals surface area (Å²) in [5.41, 5.74) is 9.67. The van der Waals surface area contributed by atoms with Gasteiger partial charge in [0.25, 0.3) is 5.56 Å². The number of nitrogens with zero attached hydrogens (tertiary/aromatic N) is 1. The van der Waals surface area contributed by atoms with Gasteiger partial charge in [-0.15, -0.1) is 0 Å². The second-order valence-electron chi connectivity index (χ2n) is 12.8. The number of aromatic nitrogens is 1. The molecule has 2 atom stereocenters. The van der Waals surface area contributed by atoms with Crippen LogP contribution in [0.2, 0.25) is 0 Å². The zero-order valence-corrected chi connectivity index (χ0v) is 22.1. The number of anilines is 1. The van der Waals surface area contributed by atoms with Crippen LogP contribution in [0, 0.1) is 22.2 Å². The van der Waals surface area contributed by atoms with E-state index >= 15 is 0 Å². The summed E-state index contributed by atoms with van der Waals surface area (Å²) in [6, 6.07) is 17.0. The third kappa shape index (κ3) is 4.51. The van der Waals surface area contributed by atoms with Crippen LogP contribution in [0.5, 0.6) is 5.75 Å². The molecule has 1 amide bonds. The van der Waals surface area contributed by atoms with Crippen LogP contribution in [-0.2, 0) is 11.3 Å². The molecule has 7 rings (SSSR count). The minimum atomic E-state index is -0.0618. The van der Waals surface area contributed by atoms with Gasteiger partial charge in [0, 0.05) is 17.9 Å². The summed E-state index contributed by atoms with van der Waals surface area (Å²) < 4.78 is 7.02. The topological polar surface area (TPSA) is 72.4 Å². The Labute approximate surface area is 218 Å². The smallest absolute Gasteiger partial charge is 0.251 e. The molecule has 0 radical (unpaired) electrons. The molecule has 2 aromatic carbocycles. The molecule has 6 nitrogen and oxygen atoms in total. The Morgan fingerprint density at radius 1 is 0.973 bits per heavy atom. The lowest BCUT2D eigenvalue weighted by Gasteiger charge is -2.65. The SMILES string of the molecule is COc1ccc(Cn2c(=O)ccc3c(NNC(=O)CC45CC6CC(C)(CC(C)(C6)C4)C5)cccc32)cc1. The number of carbonyl (C=O) groups is 1. The zero-order valence-electron chi connectivity index (χ0n) is 22.1. The molecule has 4 aliphatic rings. The molecule has 4 saturated carbocycles. The fraction of sp³-hybridized carbons (Fsp3) is 0.484. The summed E-state index contributed by atoms with van der Waals surface area (Å²) in [5, 5.41) is 0.894. The number of hydrogen-bond acceptors (Lipinski definition) is 4. The van der Waals surface area contributed by atoms with Crippen LogP contribution in [-0.4, -0.2) is 17.6 Å². The minimum absolute atomic E-state index is 0.0534. The van der Waals surface area contributed by atoms with Gasteiger partial charge in [-0.25, -0.2) is 0 Å². The van der Waals surface area contributed by atoms with Gasteiger partial charge in [0.15, 0.2) is 0 Å². The molecule has 3 aromatic rings. The van der Waals surface area contributed by atoms with Crippen LogP contribution in [0.3, 0.4) is 0 Å². The Kier molecular flexibility index (Phi) is 5.62. The number of benzene rings is 2. The van der Waals surface area contributed by atoms with Crippen molar-refractivity contribution in [2.75, 3.05) is 12.5 Å². The molecule has 1 heterocycles. The Bertz CT molecular complexity index is 1390. The number of methoxy groups -OCH3 is 1. The molecule has 4 aliphatic carbocycles. The van der Waals surface area contributed by atoms with Crippen molar-refractivity contribution in [3.8, 4) is 5.75 Å². The lowest BCUT2D eigenvalue weighted by molar-refractivity contribution is -0.155. The highest BCUT2D eigenvalue weighted by Crippen LogP contribution is 2.70. The molecule has 0 spiro atoms. The predicted molar refractivity (Wildman–Crippen MR) is 147 cm³/mol. The van der Waals surface area contributed by atoms with Crippen LogP contribution < -0.4 is 21.1 Å². The van der Waals surface area contributed by atoms with Crippen LogP contribution in [0.4, 0.5) is 5.69 Å². The number of carbonyl (C=O) groups excluding carboxylic acids is 1. The number of ether oxygens (including phenoxy) is 1. The zero-order chi connectivity index (χ0) is 25.8. The average Bonchev–Trinajstić information content (AvgIpc) is 2.82. The van der Waals surface area contributed by atoms with E-state index in [2.05, 4.69) is 24.7 Å². The number of nitrogens with one attached hydrogen (secondary N) is 2. The van der Waals surface area contributed by atoms with Crippen LogP contribution in [0.15, 0.2) is 59.4 Å². The Hall–Kier alpha value is -3.28. The number of pyridine rings is 1. The second kappa shape index (κ2) is 8.64. The van der Waals surface area contributed by atoms with Crippen molar-refractivity contribution in [2.45, 2.75) is 65.3 Å². The van der Waals surface area contributed by atoms with Gasteiger partial charge in [-0.05, 0) is 96.6 Å². The summed E-state index contributed by atoms with van der Waals surface area (Å²) >= 11 is 0. The van der Waals surface area contributed by atoms with Gasteiger partial charge in [-0.3, -0.25) is 20.4 Å². The molecule has 37 heavy (non-hydrogen) atoms. The first kappa shape index (κ1) is 24.1. The van der Waals surface area contributed by atoms with E-state index in [-0.39, 0.29) is 16.9 Å². The van der Waals surface area contributed by atoms with E-state index in [1.54, 1.807) is 17.7 Å². The second-order valence-corrected chi connectivity index (χ2v) is 12.8. The number of amides is 1. The molecular weight excluding hydrogens is 462 g/mol. The molecular formula is C31H37N3O3. The van der Waals surface area contributed by atoms with Gasteiger partial charge in [0.05, 0.1) is 24.9 Å². The van der Waals surface area contributed by atoms with Gasteiger partial charge in [-0.2, -0.15) is 0 Å². The molecule has 2 unspecified atom stereocenters. The van der Waals surface area contributed by atoms with E-state index in [0.717, 1.165) is 33.8 Å². The van der Waals surface area contributed by atoms with Crippen molar-refractivity contribution >= 4 is 22.5 Å². The summed E-state index contributed by atoms with van der Waals surface area (Å²) in [5.74, 6) is 1.61. The van der Waals surface area contributed by atoms with Crippen LogP contribution in [0.1, 0.15) is 64.4 Å². The molecule has 2 N–H and O–H groups in total. The van der Waals surface area contributed by atoms with E-state index in [9.17, 15) is 9.59 Å². The van der Waals surface area contributed by atoms with Crippen molar-refractivity contribution < 1.29 is 9.53 Å². The molecule has 0 aliphatic heterocycles. The van der Waals surface area contributed by atoms with Gasteiger partial charge < -0.3 is 9.30 Å². The van der Waals surface area contributed by atoms with Gasteiger partial charge >= 0.3 is 0 Å². The Morgan fingerprint density at radius 2 is 1.70 bits per heavy atom. The summed E-state index contributed by atoms with van der Waals surface area (Å²) in [6.07, 6.45) is 8.09. The third-order valence-electron chi connectivity index (χ3n) is 9.15. The first-order valence-electron chi connectivity index (χ1n) is 13.5. The normalized spacial score (nSPS) is 29.9. The van der Waals surface area contributed by atoms with Crippen molar-refractivity contribution in [3.63, 3.8) is 0 Å². The largest absolute Gasteiger partial charge is 0.497 e. The van der Waals surface area contributed by atoms with E-state index in [1.807, 2.05) is 48.5 Å². The van der Waals surface area contributed by atoms with Gasteiger partial charge in [0.2, 0.25) is 5.91 Å². The quantitative estimate of drug-likeness (QED) is 0.398. The molecule has 194 valence electrons. The summed E-state index contributed by atoms with van der Waals surface area (Å²) in [7, 11) is 1.64. The summed E-state index contributed by atoms with van der Waals surface area (Å²) in [4.78, 5) is 26.0. The fourth-order valence-corrected chi connectivity index (χ4v) is 8.92. The highest BCUT2D eigenvalue weighted by Gasteiger charge is 2.60. The van der Waals surface area contributed by atoms with Crippen molar-refractivity contribution in [2.24, 2.45) is 22.2 Å². The van der Waals surface area contributed by atoms with E-state index < -0.39 is 0 Å². The van der Waals surface area contributed by atoms with E-state index in [4.69, 9.17) is 4.74 Å². The first-order chi connectivity index (χ1) is 17.7. The fourth-order valence-electron chi connectivity index (χ4n) is 8.92. The number of rotatable bonds is 7. The first-order valence-corrected chi connectivity index (χ1v) is 13.5. The third-order valence-corrected chi connectivity index (χ3v) is 9.15. The lowest BCUT2D eigenvalue weighted by atomic mass is 9.40. The van der Waals surface area contributed by atoms with Crippen molar-refractivity contribution in [1.82, 2.24) is 9.99 Å². The van der Waals surface area contributed by atoms with Crippen LogP contribution in [0.25, 0.3) is 10.9 Å². The number of hydrogen-bond donors (Lipinski definition) is 2. The van der Waals surface area contributed by atoms with E-state index in [0.29, 0.717) is 23.8 Å². The maximum Gasteiger partial charge on any atom is 0.251 e. The van der Waals surface area contributed by atoms with Gasteiger partial charge in [0.1, 0.15) is 5.75 Å². The minimum Gasteiger partial charge on any atom is -0.497 e. The lowest BCUT2D eigenvalue weighted by Crippen LogP contribution is -2.56. The summed E-state index contributed by atoms with van der Waals surface area (Å²) in [6.45, 7) is 5.35. The van der Waals surface area contributed by atoms with Crippen LogP contribution >= 0.6 is 0 Å². The molecule has 1 aromatic heterocycles. The number of fused-ring (bicyclic) bond motifs is 1. The van der Waals surface area contributed by atoms with Crippen molar-refractivity contribution in [3.05, 3.63) is 70.5 Å². The average molecular weight is 500 g/mol. The molecule has 6 heteroatoms. The Morgan fingerprint density at radius 3 is 2.38 bits per heavy atom. The monoisotopic (exact) mass is 499 g/mol. The standard InChI is InChI=1S/C31H37N3O3/c1-29-13-22-14-30(2,18-29)20-31(15-22,19-29)16-27(35)33-32-25-5-4-6-26-24(25)11-12-28(36)34(26)17-21-7-9-23(37-3)10-8-21/h4-12,22,32H,13-20H2,1-3H3,(H,33,35). The van der Waals surface area contributed by atoms with Crippen molar-refractivity contribution in [1.29, 1.82) is 0 Å². The highest BCUT2D eigenvalue weighted by molar-refractivity contribution is 5.92. The maximum absolute atomic E-state index is 13.2.